The predicted octanol–water partition coefficient (Wildman–Crippen LogP) is 4.22. The van der Waals surface area contributed by atoms with Gasteiger partial charge in [-0.15, -0.1) is 0 Å². The number of amides is 2. The normalized spacial score (nSPS) is 38.2. The van der Waals surface area contributed by atoms with Gasteiger partial charge in [-0.25, -0.2) is 0 Å². The Kier molecular flexibility index (Phi) is 5.31. The van der Waals surface area contributed by atoms with Crippen molar-refractivity contribution >= 4 is 22.7 Å². The zero-order valence-electron chi connectivity index (χ0n) is 21.1. The van der Waals surface area contributed by atoms with E-state index in [0.29, 0.717) is 42.7 Å². The van der Waals surface area contributed by atoms with Crippen molar-refractivity contribution in [2.24, 2.45) is 34.5 Å². The summed E-state index contributed by atoms with van der Waals surface area (Å²) < 4.78 is 0. The van der Waals surface area contributed by atoms with Crippen molar-refractivity contribution in [2.45, 2.75) is 71.4 Å². The summed E-state index contributed by atoms with van der Waals surface area (Å²) in [5, 5.41) is 11.1. The van der Waals surface area contributed by atoms with Crippen LogP contribution in [0.3, 0.4) is 0 Å². The standard InChI is InChI=1S/C28H37N5O2/c1-27-10-8-22-20(5-7-24-28(22,2)11-9-26(35)33(24)3)21(27)6-4-18(27)13-25(34)30-15-19-12-17-14-31-32-23(17)16-29-19/h9,11-12,14,16,18,20-22,24H,4-8,10,13,15H2,1-3H3,(H,30,34)(H,31,32)/t18-,20?,21?,22?,24?,27-,28-/m1/s1. The van der Waals surface area contributed by atoms with E-state index >= 15 is 0 Å². The summed E-state index contributed by atoms with van der Waals surface area (Å²) in [5.41, 5.74) is 2.07. The lowest BCUT2D eigenvalue weighted by molar-refractivity contribution is -0.139. The van der Waals surface area contributed by atoms with E-state index in [-0.39, 0.29) is 22.6 Å². The Balaban J connectivity index is 1.12. The van der Waals surface area contributed by atoms with E-state index in [1.165, 1.54) is 25.7 Å². The SMILES string of the molecule is CN1C(=O)C=C[C@]2(C)C3CC[C@@]4(C)C(CC[C@@H]4CC(=O)NCc4cc5cn[nH]c5cn4)C3CCC12. The number of likely N-dealkylation sites (N-methyl/N-ethyl adjacent to an activating group) is 1. The molecule has 4 unspecified atom stereocenters. The maximum atomic E-state index is 13.0. The lowest BCUT2D eigenvalue weighted by atomic mass is 9.47. The number of carbonyl (C=O) groups excluding carboxylic acids is 2. The van der Waals surface area contributed by atoms with E-state index < -0.39 is 0 Å². The molecule has 0 bridgehead atoms. The molecule has 3 saturated carbocycles. The highest BCUT2D eigenvalue weighted by Gasteiger charge is 2.60. The highest BCUT2D eigenvalue weighted by atomic mass is 16.2. The molecule has 0 aromatic carbocycles. The largest absolute Gasteiger partial charge is 0.350 e. The molecule has 6 rings (SSSR count). The first-order chi connectivity index (χ1) is 16.8. The van der Waals surface area contributed by atoms with Crippen molar-refractivity contribution in [3.05, 3.63) is 36.3 Å². The summed E-state index contributed by atoms with van der Waals surface area (Å²) in [6, 6.07) is 2.30. The first kappa shape index (κ1) is 22.7. The molecule has 0 saturated heterocycles. The average molecular weight is 476 g/mol. The fourth-order valence-electron chi connectivity index (χ4n) is 8.65. The van der Waals surface area contributed by atoms with Crippen molar-refractivity contribution < 1.29 is 9.59 Å². The maximum Gasteiger partial charge on any atom is 0.246 e. The molecule has 2 amide bonds. The van der Waals surface area contributed by atoms with Gasteiger partial charge in [0.25, 0.3) is 0 Å². The minimum atomic E-state index is 0.0749. The molecular weight excluding hydrogens is 438 g/mol. The molecule has 0 radical (unpaired) electrons. The van der Waals surface area contributed by atoms with Gasteiger partial charge in [-0.1, -0.05) is 19.9 Å². The molecule has 7 atom stereocenters. The number of H-pyrrole nitrogens is 1. The molecule has 3 heterocycles. The zero-order valence-corrected chi connectivity index (χ0v) is 21.1. The van der Waals surface area contributed by atoms with Gasteiger partial charge < -0.3 is 10.2 Å². The smallest absolute Gasteiger partial charge is 0.246 e. The molecule has 2 N–H and O–H groups in total. The fourth-order valence-corrected chi connectivity index (χ4v) is 8.65. The third kappa shape index (κ3) is 3.53. The monoisotopic (exact) mass is 475 g/mol. The van der Waals surface area contributed by atoms with E-state index in [1.807, 2.05) is 24.1 Å². The van der Waals surface area contributed by atoms with Gasteiger partial charge in [-0.2, -0.15) is 5.10 Å². The van der Waals surface area contributed by atoms with E-state index in [2.05, 4.69) is 40.4 Å². The summed E-state index contributed by atoms with van der Waals surface area (Å²) in [7, 11) is 1.98. The van der Waals surface area contributed by atoms with Gasteiger partial charge in [-0.3, -0.25) is 19.7 Å². The molecule has 2 aromatic heterocycles. The van der Waals surface area contributed by atoms with Gasteiger partial charge in [-0.05, 0) is 79.8 Å². The van der Waals surface area contributed by atoms with E-state index in [0.717, 1.165) is 29.4 Å². The second kappa shape index (κ2) is 8.17. The van der Waals surface area contributed by atoms with Crippen molar-refractivity contribution in [3.8, 4) is 0 Å². The molecule has 1 aliphatic heterocycles. The van der Waals surface area contributed by atoms with Crippen molar-refractivity contribution in [1.29, 1.82) is 0 Å². The van der Waals surface area contributed by atoms with Gasteiger partial charge in [0, 0.05) is 30.3 Å². The first-order valence-electron chi connectivity index (χ1n) is 13.3. The molecule has 7 nitrogen and oxygen atoms in total. The van der Waals surface area contributed by atoms with Gasteiger partial charge in [0.2, 0.25) is 11.8 Å². The molecule has 186 valence electrons. The minimum Gasteiger partial charge on any atom is -0.350 e. The van der Waals surface area contributed by atoms with E-state index in [1.54, 1.807) is 12.4 Å². The Morgan fingerprint density at radius 1 is 1.17 bits per heavy atom. The number of carbonyl (C=O) groups is 2. The molecule has 3 aliphatic carbocycles. The summed E-state index contributed by atoms with van der Waals surface area (Å²) in [5.74, 6) is 2.73. The molecule has 3 fully saturated rings. The van der Waals surface area contributed by atoms with Gasteiger partial charge in [0.05, 0.1) is 30.1 Å². The van der Waals surface area contributed by atoms with E-state index in [4.69, 9.17) is 0 Å². The van der Waals surface area contributed by atoms with E-state index in [9.17, 15) is 9.59 Å². The van der Waals surface area contributed by atoms with Crippen LogP contribution >= 0.6 is 0 Å². The summed E-state index contributed by atoms with van der Waals surface area (Å²) in [6.45, 7) is 5.31. The number of fused-ring (bicyclic) bond motifs is 6. The van der Waals surface area contributed by atoms with Crippen molar-refractivity contribution in [2.75, 3.05) is 7.05 Å². The van der Waals surface area contributed by atoms with Crippen LogP contribution in [-0.4, -0.2) is 45.0 Å². The molecule has 7 heteroatoms. The summed E-state index contributed by atoms with van der Waals surface area (Å²) in [4.78, 5) is 31.7. The van der Waals surface area contributed by atoms with Crippen molar-refractivity contribution in [1.82, 2.24) is 25.4 Å². The van der Waals surface area contributed by atoms with Crippen LogP contribution in [0.15, 0.2) is 30.6 Å². The van der Waals surface area contributed by atoms with Crippen LogP contribution in [0.25, 0.3) is 10.9 Å². The Hall–Kier alpha value is -2.70. The van der Waals surface area contributed by atoms with Crippen molar-refractivity contribution in [3.63, 3.8) is 0 Å². The third-order valence-corrected chi connectivity index (χ3v) is 10.6. The highest BCUT2D eigenvalue weighted by molar-refractivity contribution is 5.89. The van der Waals surface area contributed by atoms with Crippen LogP contribution in [-0.2, 0) is 16.1 Å². The Morgan fingerprint density at radius 2 is 2.03 bits per heavy atom. The van der Waals surface area contributed by atoms with Gasteiger partial charge in [0.1, 0.15) is 0 Å². The quantitative estimate of drug-likeness (QED) is 0.693. The summed E-state index contributed by atoms with van der Waals surface area (Å²) >= 11 is 0. The predicted molar refractivity (Wildman–Crippen MR) is 134 cm³/mol. The number of rotatable bonds is 4. The van der Waals surface area contributed by atoms with Crippen LogP contribution in [0, 0.1) is 34.5 Å². The maximum absolute atomic E-state index is 13.0. The topological polar surface area (TPSA) is 91.0 Å². The number of aromatic amines is 1. The minimum absolute atomic E-state index is 0.0749. The lowest BCUT2D eigenvalue weighted by Gasteiger charge is -2.60. The average Bonchev–Trinajstić information content (AvgIpc) is 3.44. The third-order valence-electron chi connectivity index (χ3n) is 10.6. The Morgan fingerprint density at radius 3 is 2.89 bits per heavy atom. The number of aromatic nitrogens is 3. The van der Waals surface area contributed by atoms with Crippen LogP contribution in [0.4, 0.5) is 0 Å². The highest BCUT2D eigenvalue weighted by Crippen LogP contribution is 2.65. The molecular formula is C28H37N5O2. The second-order valence-electron chi connectivity index (χ2n) is 12.1. The zero-order chi connectivity index (χ0) is 24.4. The molecule has 2 aromatic rings. The van der Waals surface area contributed by atoms with Crippen LogP contribution in [0.5, 0.6) is 0 Å². The van der Waals surface area contributed by atoms with Crippen LogP contribution < -0.4 is 5.32 Å². The Bertz CT molecular complexity index is 1190. The molecule has 35 heavy (non-hydrogen) atoms. The van der Waals surface area contributed by atoms with Gasteiger partial charge >= 0.3 is 0 Å². The van der Waals surface area contributed by atoms with Crippen LogP contribution in [0.2, 0.25) is 0 Å². The molecule has 4 aliphatic rings. The Labute approximate surface area is 207 Å². The number of hydrogen-bond acceptors (Lipinski definition) is 4. The molecule has 0 spiro atoms. The number of hydrogen-bond donors (Lipinski definition) is 2. The first-order valence-corrected chi connectivity index (χ1v) is 13.3. The number of pyridine rings is 1. The number of nitrogens with one attached hydrogen (secondary N) is 2. The number of nitrogens with zero attached hydrogens (tertiary/aromatic N) is 3. The summed E-state index contributed by atoms with van der Waals surface area (Å²) in [6.07, 6.45) is 15.3. The van der Waals surface area contributed by atoms with Gasteiger partial charge in [0.15, 0.2) is 0 Å². The fraction of sp³-hybridized carbons (Fsp3) is 0.643. The lowest BCUT2D eigenvalue weighted by Crippen LogP contribution is -2.59. The van der Waals surface area contributed by atoms with Crippen LogP contribution in [0.1, 0.15) is 64.5 Å². The second-order valence-corrected chi connectivity index (χ2v) is 12.1.